The summed E-state index contributed by atoms with van der Waals surface area (Å²) in [6.45, 7) is 2.02. The highest BCUT2D eigenvalue weighted by Crippen LogP contribution is 2.33. The number of hydrogen-bond donors (Lipinski definition) is 1. The number of anilines is 1. The number of fused-ring (bicyclic) bond motifs is 2. The third kappa shape index (κ3) is 3.73. The molecule has 0 saturated heterocycles. The summed E-state index contributed by atoms with van der Waals surface area (Å²) in [6.07, 6.45) is 1.72. The lowest BCUT2D eigenvalue weighted by molar-refractivity contribution is -0.116. The fraction of sp³-hybridized carbons (Fsp3) is 0.182. The van der Waals surface area contributed by atoms with E-state index in [1.165, 1.54) is 11.8 Å². The molecular weight excluding hydrogens is 434 g/mol. The summed E-state index contributed by atoms with van der Waals surface area (Å²) in [5.41, 5.74) is 2.96. The van der Waals surface area contributed by atoms with Gasteiger partial charge in [0.15, 0.2) is 10.8 Å². The maximum absolute atomic E-state index is 13.2. The van der Waals surface area contributed by atoms with Crippen molar-refractivity contribution in [2.75, 3.05) is 11.1 Å². The summed E-state index contributed by atoms with van der Waals surface area (Å²) >= 11 is 7.45. The third-order valence-electron chi connectivity index (χ3n) is 5.18. The number of carbonyl (C=O) groups is 1. The van der Waals surface area contributed by atoms with Crippen LogP contribution >= 0.6 is 23.4 Å². The first-order valence-electron chi connectivity index (χ1n) is 9.75. The molecule has 1 unspecified atom stereocenters. The Morgan fingerprint density at radius 2 is 2.06 bits per heavy atom. The zero-order chi connectivity index (χ0) is 21.5. The molecule has 0 radical (unpaired) electrons. The molecule has 2 aromatic heterocycles. The van der Waals surface area contributed by atoms with E-state index in [1.54, 1.807) is 39.7 Å². The molecule has 0 spiro atoms. The van der Waals surface area contributed by atoms with Gasteiger partial charge in [0.25, 0.3) is 5.56 Å². The van der Waals surface area contributed by atoms with E-state index in [9.17, 15) is 9.59 Å². The SMILES string of the molecule is Cc1ccc(-n2ncc3c(=O)n4c(nc32)SCC4CC(=O)Nc2cccc(Cl)c2)cc1. The first kappa shape index (κ1) is 19.8. The van der Waals surface area contributed by atoms with Crippen LogP contribution in [0.4, 0.5) is 5.69 Å². The third-order valence-corrected chi connectivity index (χ3v) is 6.51. The standard InChI is InChI=1S/C22H18ClN5O2S/c1-13-5-7-16(8-6-13)28-20-18(11-24-28)21(30)27-17(12-31-22(27)26-20)10-19(29)25-15-4-2-3-14(23)9-15/h2-9,11,17H,10,12H2,1H3,(H,25,29). The molecule has 0 saturated carbocycles. The second kappa shape index (κ2) is 7.86. The van der Waals surface area contributed by atoms with Crippen molar-refractivity contribution >= 4 is 46.0 Å². The van der Waals surface area contributed by atoms with E-state index in [2.05, 4.69) is 10.4 Å². The fourth-order valence-electron chi connectivity index (χ4n) is 3.65. The van der Waals surface area contributed by atoms with Crippen molar-refractivity contribution in [1.82, 2.24) is 19.3 Å². The second-order valence-corrected chi connectivity index (χ2v) is 8.85. The predicted molar refractivity (Wildman–Crippen MR) is 122 cm³/mol. The Hall–Kier alpha value is -3.10. The first-order chi connectivity index (χ1) is 15.0. The van der Waals surface area contributed by atoms with Gasteiger partial charge in [-0.05, 0) is 37.3 Å². The monoisotopic (exact) mass is 451 g/mol. The number of carbonyl (C=O) groups excluding carboxylic acids is 1. The van der Waals surface area contributed by atoms with Gasteiger partial charge in [-0.2, -0.15) is 5.10 Å². The van der Waals surface area contributed by atoms with Gasteiger partial charge in [-0.3, -0.25) is 14.2 Å². The lowest BCUT2D eigenvalue weighted by Gasteiger charge is -2.13. The Morgan fingerprint density at radius 1 is 1.26 bits per heavy atom. The molecule has 9 heteroatoms. The minimum atomic E-state index is -0.272. The maximum atomic E-state index is 13.2. The van der Waals surface area contributed by atoms with Crippen LogP contribution in [0.2, 0.25) is 5.02 Å². The Labute approximate surface area is 187 Å². The van der Waals surface area contributed by atoms with Crippen molar-refractivity contribution in [2.24, 2.45) is 0 Å². The fourth-order valence-corrected chi connectivity index (χ4v) is 4.97. The number of aryl methyl sites for hydroxylation is 1. The number of nitrogens with one attached hydrogen (secondary N) is 1. The molecule has 1 amide bonds. The maximum Gasteiger partial charge on any atom is 0.265 e. The molecule has 3 heterocycles. The van der Waals surface area contributed by atoms with Crippen LogP contribution in [-0.2, 0) is 4.79 Å². The molecule has 0 bridgehead atoms. The van der Waals surface area contributed by atoms with Gasteiger partial charge in [0.1, 0.15) is 5.39 Å². The molecule has 1 aliphatic rings. The summed E-state index contributed by atoms with van der Waals surface area (Å²) < 4.78 is 3.29. The van der Waals surface area contributed by atoms with Gasteiger partial charge in [0, 0.05) is 22.9 Å². The van der Waals surface area contributed by atoms with Gasteiger partial charge in [-0.1, -0.05) is 47.1 Å². The van der Waals surface area contributed by atoms with Crippen LogP contribution in [0.1, 0.15) is 18.0 Å². The van der Waals surface area contributed by atoms with E-state index in [-0.39, 0.29) is 23.9 Å². The highest BCUT2D eigenvalue weighted by Gasteiger charge is 2.29. The largest absolute Gasteiger partial charge is 0.326 e. The van der Waals surface area contributed by atoms with E-state index in [0.29, 0.717) is 32.7 Å². The van der Waals surface area contributed by atoms with Gasteiger partial charge in [0.2, 0.25) is 5.91 Å². The summed E-state index contributed by atoms with van der Waals surface area (Å²) in [5, 5.41) is 8.82. The van der Waals surface area contributed by atoms with Crippen LogP contribution in [0, 0.1) is 6.92 Å². The zero-order valence-corrected chi connectivity index (χ0v) is 18.2. The van der Waals surface area contributed by atoms with E-state index < -0.39 is 0 Å². The lowest BCUT2D eigenvalue weighted by atomic mass is 10.2. The second-order valence-electron chi connectivity index (χ2n) is 7.43. The lowest BCUT2D eigenvalue weighted by Crippen LogP contribution is -2.27. The molecule has 0 aliphatic carbocycles. The van der Waals surface area contributed by atoms with Crippen molar-refractivity contribution < 1.29 is 4.79 Å². The van der Waals surface area contributed by atoms with Crippen LogP contribution in [0.15, 0.2) is 64.7 Å². The van der Waals surface area contributed by atoms with Gasteiger partial charge >= 0.3 is 0 Å². The van der Waals surface area contributed by atoms with Gasteiger partial charge < -0.3 is 5.32 Å². The van der Waals surface area contributed by atoms with E-state index in [4.69, 9.17) is 16.6 Å². The smallest absolute Gasteiger partial charge is 0.265 e. The molecule has 1 N–H and O–H groups in total. The van der Waals surface area contributed by atoms with Crippen LogP contribution in [0.5, 0.6) is 0 Å². The quantitative estimate of drug-likeness (QED) is 0.470. The summed E-state index contributed by atoms with van der Waals surface area (Å²) in [6, 6.07) is 14.6. The molecular formula is C22H18ClN5O2S. The van der Waals surface area contributed by atoms with Crippen LogP contribution < -0.4 is 10.9 Å². The molecule has 31 heavy (non-hydrogen) atoms. The number of thioether (sulfide) groups is 1. The number of nitrogens with zero attached hydrogens (tertiary/aromatic N) is 4. The number of halogens is 1. The Balaban J connectivity index is 1.44. The topological polar surface area (TPSA) is 81.8 Å². The van der Waals surface area contributed by atoms with Gasteiger partial charge in [-0.25, -0.2) is 9.67 Å². The van der Waals surface area contributed by atoms with E-state index >= 15 is 0 Å². The van der Waals surface area contributed by atoms with Gasteiger partial charge in [-0.15, -0.1) is 0 Å². The van der Waals surface area contributed by atoms with Crippen LogP contribution in [-0.4, -0.2) is 31.0 Å². The predicted octanol–water partition coefficient (Wildman–Crippen LogP) is 4.22. The van der Waals surface area contributed by atoms with Crippen molar-refractivity contribution in [3.05, 3.63) is 75.7 Å². The minimum Gasteiger partial charge on any atom is -0.326 e. The Bertz CT molecular complexity index is 1360. The molecule has 1 atom stereocenters. The number of rotatable bonds is 4. The molecule has 7 nitrogen and oxygen atoms in total. The number of benzene rings is 2. The highest BCUT2D eigenvalue weighted by atomic mass is 35.5. The van der Waals surface area contributed by atoms with E-state index in [1.807, 2.05) is 31.2 Å². The molecule has 156 valence electrons. The average Bonchev–Trinajstić information content (AvgIpc) is 3.34. The van der Waals surface area contributed by atoms with Crippen molar-refractivity contribution in [1.29, 1.82) is 0 Å². The molecule has 2 aromatic carbocycles. The Kier molecular flexibility index (Phi) is 5.03. The average molecular weight is 452 g/mol. The molecule has 0 fully saturated rings. The van der Waals surface area contributed by atoms with Crippen molar-refractivity contribution in [3.63, 3.8) is 0 Å². The normalized spacial score (nSPS) is 15.2. The van der Waals surface area contributed by atoms with Gasteiger partial charge in [0.05, 0.1) is 17.9 Å². The molecule has 5 rings (SSSR count). The minimum absolute atomic E-state index is 0.172. The molecule has 4 aromatic rings. The number of hydrogen-bond acceptors (Lipinski definition) is 5. The Morgan fingerprint density at radius 3 is 2.84 bits per heavy atom. The van der Waals surface area contributed by atoms with E-state index in [0.717, 1.165) is 11.3 Å². The summed E-state index contributed by atoms with van der Waals surface area (Å²) in [4.78, 5) is 30.5. The highest BCUT2D eigenvalue weighted by molar-refractivity contribution is 7.99. The molecule has 1 aliphatic heterocycles. The first-order valence-corrected chi connectivity index (χ1v) is 11.1. The number of aromatic nitrogens is 4. The summed E-state index contributed by atoms with van der Waals surface area (Å²) in [7, 11) is 0. The van der Waals surface area contributed by atoms with Crippen LogP contribution in [0.3, 0.4) is 0 Å². The van der Waals surface area contributed by atoms with Crippen molar-refractivity contribution in [2.45, 2.75) is 24.5 Å². The number of amides is 1. The van der Waals surface area contributed by atoms with Crippen molar-refractivity contribution in [3.8, 4) is 5.69 Å². The summed E-state index contributed by atoms with van der Waals surface area (Å²) in [5.74, 6) is 0.429. The van der Waals surface area contributed by atoms with Crippen LogP contribution in [0.25, 0.3) is 16.7 Å². The zero-order valence-electron chi connectivity index (χ0n) is 16.6.